The molecule has 7 heteroatoms. The second-order valence-electron chi connectivity index (χ2n) is 9.07. The quantitative estimate of drug-likeness (QED) is 0.382. The van der Waals surface area contributed by atoms with Gasteiger partial charge >= 0.3 is 0 Å². The Kier molecular flexibility index (Phi) is 6.55. The van der Waals surface area contributed by atoms with Crippen LogP contribution in [0.2, 0.25) is 5.02 Å². The fraction of sp³-hybridized carbons (Fsp3) is 0.250. The van der Waals surface area contributed by atoms with E-state index in [0.717, 1.165) is 47.0 Å². The molecule has 0 spiro atoms. The summed E-state index contributed by atoms with van der Waals surface area (Å²) in [6, 6.07) is 16.4. The molecule has 0 saturated carbocycles. The molecule has 2 N–H and O–H groups in total. The van der Waals surface area contributed by atoms with Crippen molar-refractivity contribution in [1.29, 1.82) is 0 Å². The van der Waals surface area contributed by atoms with Gasteiger partial charge in [0.25, 0.3) is 5.91 Å². The van der Waals surface area contributed by atoms with E-state index in [-0.39, 0.29) is 17.9 Å². The highest BCUT2D eigenvalue weighted by Crippen LogP contribution is 2.32. The van der Waals surface area contributed by atoms with Crippen molar-refractivity contribution < 1.29 is 9.59 Å². The van der Waals surface area contributed by atoms with Crippen LogP contribution < -0.4 is 5.32 Å². The molecule has 1 saturated heterocycles. The fourth-order valence-corrected chi connectivity index (χ4v) is 5.03. The van der Waals surface area contributed by atoms with E-state index < -0.39 is 0 Å². The molecule has 2 aromatic heterocycles. The van der Waals surface area contributed by atoms with Crippen LogP contribution in [0.5, 0.6) is 0 Å². The predicted molar refractivity (Wildman–Crippen MR) is 137 cm³/mol. The summed E-state index contributed by atoms with van der Waals surface area (Å²) in [7, 11) is 0. The van der Waals surface area contributed by atoms with E-state index in [4.69, 9.17) is 11.6 Å². The lowest BCUT2D eigenvalue weighted by Gasteiger charge is -2.23. The summed E-state index contributed by atoms with van der Waals surface area (Å²) >= 11 is 6.20. The fourth-order valence-electron chi connectivity index (χ4n) is 4.82. The number of H-pyrrole nitrogens is 1. The number of nitrogens with zero attached hydrogens (tertiary/aromatic N) is 2. The summed E-state index contributed by atoms with van der Waals surface area (Å²) in [5.41, 5.74) is 5.75. The molecule has 5 rings (SSSR count). The summed E-state index contributed by atoms with van der Waals surface area (Å²) in [6.07, 6.45) is 7.87. The number of nitrogens with one attached hydrogen (secondary N) is 2. The van der Waals surface area contributed by atoms with Crippen LogP contribution in [-0.2, 0) is 17.8 Å². The van der Waals surface area contributed by atoms with Gasteiger partial charge in [-0.05, 0) is 59.7 Å². The maximum Gasteiger partial charge on any atom is 0.253 e. The number of carbonyl (C=O) groups is 2. The molecule has 0 radical (unpaired) electrons. The molecule has 1 unspecified atom stereocenters. The number of halogens is 1. The third-order valence-corrected chi connectivity index (χ3v) is 6.95. The van der Waals surface area contributed by atoms with Crippen LogP contribution in [0.3, 0.4) is 0 Å². The van der Waals surface area contributed by atoms with E-state index in [2.05, 4.69) is 39.6 Å². The number of aromatic nitrogens is 2. The first-order chi connectivity index (χ1) is 17.0. The molecule has 1 aliphatic rings. The van der Waals surface area contributed by atoms with Crippen molar-refractivity contribution in [3.63, 3.8) is 0 Å². The number of carbonyl (C=O) groups excluding carboxylic acids is 2. The number of benzene rings is 2. The Morgan fingerprint density at radius 3 is 2.69 bits per heavy atom. The summed E-state index contributed by atoms with van der Waals surface area (Å²) in [6.45, 7) is 2.87. The van der Waals surface area contributed by atoms with Crippen molar-refractivity contribution >= 4 is 34.3 Å². The topological polar surface area (TPSA) is 78.1 Å². The molecular weight excluding hydrogens is 460 g/mol. The van der Waals surface area contributed by atoms with E-state index in [1.165, 1.54) is 5.56 Å². The number of amides is 2. The van der Waals surface area contributed by atoms with Crippen LogP contribution in [0.4, 0.5) is 0 Å². The number of fused-ring (bicyclic) bond motifs is 1. The Morgan fingerprint density at radius 1 is 1.09 bits per heavy atom. The van der Waals surface area contributed by atoms with E-state index in [0.29, 0.717) is 23.6 Å². The maximum atomic E-state index is 12.8. The molecule has 3 heterocycles. The molecule has 1 fully saturated rings. The van der Waals surface area contributed by atoms with Gasteiger partial charge in [0.05, 0.1) is 16.6 Å². The largest absolute Gasteiger partial charge is 0.360 e. The Balaban J connectivity index is 1.22. The molecule has 4 aromatic rings. The van der Waals surface area contributed by atoms with Gasteiger partial charge in [-0.2, -0.15) is 0 Å². The zero-order valence-corrected chi connectivity index (χ0v) is 20.3. The van der Waals surface area contributed by atoms with Crippen molar-refractivity contribution in [3.8, 4) is 0 Å². The third kappa shape index (κ3) is 5.08. The second kappa shape index (κ2) is 9.92. The van der Waals surface area contributed by atoms with Gasteiger partial charge in [-0.3, -0.25) is 14.6 Å². The highest BCUT2D eigenvalue weighted by molar-refractivity contribution is 6.35. The molecule has 178 valence electrons. The highest BCUT2D eigenvalue weighted by Gasteiger charge is 2.27. The molecular formula is C28H27ClN4O2. The Hall–Kier alpha value is -3.64. The maximum absolute atomic E-state index is 12.8. The summed E-state index contributed by atoms with van der Waals surface area (Å²) in [4.78, 5) is 34.0. The Bertz CT molecular complexity index is 1380. The van der Waals surface area contributed by atoms with Gasteiger partial charge in [0.2, 0.25) is 5.91 Å². The van der Waals surface area contributed by atoms with Gasteiger partial charge in [0, 0.05) is 49.5 Å². The van der Waals surface area contributed by atoms with E-state index in [9.17, 15) is 9.59 Å². The molecule has 2 aromatic carbocycles. The molecule has 1 atom stereocenters. The molecule has 0 bridgehead atoms. The Morgan fingerprint density at radius 2 is 1.89 bits per heavy atom. The van der Waals surface area contributed by atoms with Crippen LogP contribution in [0.15, 0.2) is 67.1 Å². The minimum atomic E-state index is -0.166. The number of hydrogen-bond acceptors (Lipinski definition) is 3. The summed E-state index contributed by atoms with van der Waals surface area (Å²) < 4.78 is 0. The average molecular weight is 487 g/mol. The lowest BCUT2D eigenvalue weighted by Crippen LogP contribution is -2.27. The number of rotatable bonds is 6. The van der Waals surface area contributed by atoms with Crippen molar-refractivity contribution in [2.45, 2.75) is 38.8 Å². The second-order valence-corrected chi connectivity index (χ2v) is 9.48. The Labute approximate surface area is 209 Å². The normalized spacial score (nSPS) is 15.5. The van der Waals surface area contributed by atoms with E-state index in [1.807, 2.05) is 29.2 Å². The van der Waals surface area contributed by atoms with Gasteiger partial charge in [-0.15, -0.1) is 0 Å². The van der Waals surface area contributed by atoms with E-state index in [1.54, 1.807) is 25.5 Å². The summed E-state index contributed by atoms with van der Waals surface area (Å²) in [5.74, 6) is -0.0351. The van der Waals surface area contributed by atoms with Gasteiger partial charge in [0.15, 0.2) is 0 Å². The van der Waals surface area contributed by atoms with Crippen LogP contribution in [0.25, 0.3) is 10.9 Å². The van der Waals surface area contributed by atoms with Crippen LogP contribution in [0, 0.1) is 0 Å². The van der Waals surface area contributed by atoms with Gasteiger partial charge < -0.3 is 15.2 Å². The van der Waals surface area contributed by atoms with E-state index >= 15 is 0 Å². The standard InChI is InChI=1S/C28H27ClN4O2/c1-18(34)33-10-2-3-27(33)22-7-4-19(5-8-22)11-21-12-23(16-30-14-21)28(35)32-15-20-6-9-26-24(13-20)25(29)17-31-26/h4-9,12-14,16-17,27,31H,2-3,10-11,15H2,1H3,(H,32,35). The molecule has 2 amide bonds. The molecule has 0 aliphatic carbocycles. The van der Waals surface area contributed by atoms with Crippen LogP contribution >= 0.6 is 11.6 Å². The minimum absolute atomic E-state index is 0.131. The number of pyridine rings is 1. The van der Waals surface area contributed by atoms with Gasteiger partial charge in [0.1, 0.15) is 0 Å². The smallest absolute Gasteiger partial charge is 0.253 e. The van der Waals surface area contributed by atoms with Gasteiger partial charge in [-0.25, -0.2) is 0 Å². The summed E-state index contributed by atoms with van der Waals surface area (Å²) in [5, 5.41) is 4.57. The number of aromatic amines is 1. The number of likely N-dealkylation sites (tertiary alicyclic amines) is 1. The lowest BCUT2D eigenvalue weighted by molar-refractivity contribution is -0.129. The first-order valence-electron chi connectivity index (χ1n) is 11.8. The molecule has 6 nitrogen and oxygen atoms in total. The van der Waals surface area contributed by atoms with Crippen LogP contribution in [-0.4, -0.2) is 33.2 Å². The third-order valence-electron chi connectivity index (χ3n) is 6.64. The van der Waals surface area contributed by atoms with Crippen molar-refractivity contribution in [2.75, 3.05) is 6.54 Å². The minimum Gasteiger partial charge on any atom is -0.360 e. The molecule has 1 aliphatic heterocycles. The predicted octanol–water partition coefficient (Wildman–Crippen LogP) is 5.42. The van der Waals surface area contributed by atoms with Crippen LogP contribution in [0.1, 0.15) is 58.4 Å². The molecule has 35 heavy (non-hydrogen) atoms. The average Bonchev–Trinajstić information content (AvgIpc) is 3.51. The zero-order chi connectivity index (χ0) is 24.4. The first-order valence-corrected chi connectivity index (χ1v) is 12.2. The first kappa shape index (κ1) is 23.1. The van der Waals surface area contributed by atoms with Crippen molar-refractivity contribution in [3.05, 3.63) is 100.0 Å². The SMILES string of the molecule is CC(=O)N1CCCC1c1ccc(Cc2cncc(C(=O)NCc3ccc4[nH]cc(Cl)c4c3)c2)cc1. The highest BCUT2D eigenvalue weighted by atomic mass is 35.5. The van der Waals surface area contributed by atoms with Crippen molar-refractivity contribution in [2.24, 2.45) is 0 Å². The number of hydrogen-bond donors (Lipinski definition) is 2. The zero-order valence-electron chi connectivity index (χ0n) is 19.6. The lowest BCUT2D eigenvalue weighted by atomic mass is 9.99. The van der Waals surface area contributed by atoms with Crippen molar-refractivity contribution in [1.82, 2.24) is 20.2 Å². The van der Waals surface area contributed by atoms with Gasteiger partial charge in [-0.1, -0.05) is 41.9 Å². The monoisotopic (exact) mass is 486 g/mol.